The average Bonchev–Trinajstić information content (AvgIpc) is 3.48. The van der Waals surface area contributed by atoms with Crippen molar-refractivity contribution < 1.29 is 4.79 Å². The minimum absolute atomic E-state index is 0.0714. The summed E-state index contributed by atoms with van der Waals surface area (Å²) in [7, 11) is 0. The third kappa shape index (κ3) is 5.05. The van der Waals surface area contributed by atoms with E-state index < -0.39 is 0 Å². The molecule has 0 spiro atoms. The summed E-state index contributed by atoms with van der Waals surface area (Å²) in [5, 5.41) is 6.77. The number of rotatable bonds is 8. The topological polar surface area (TPSA) is 51.0 Å². The summed E-state index contributed by atoms with van der Waals surface area (Å²) in [5.74, 6) is -0.0714. The molecule has 3 aromatic heterocycles. The summed E-state index contributed by atoms with van der Waals surface area (Å²) in [6.07, 6.45) is 10.6. The van der Waals surface area contributed by atoms with Crippen molar-refractivity contribution in [2.75, 3.05) is 6.54 Å². The van der Waals surface area contributed by atoms with Crippen molar-refractivity contribution in [1.82, 2.24) is 19.7 Å². The smallest absolute Gasteiger partial charge is 0.247 e. The second-order valence-corrected chi connectivity index (χ2v) is 7.91. The number of aromatic nitrogens is 3. The molecule has 0 fully saturated rings. The van der Waals surface area contributed by atoms with Gasteiger partial charge < -0.3 is 4.90 Å². The number of para-hydroxylation sites is 1. The highest BCUT2D eigenvalue weighted by atomic mass is 32.1. The molecule has 0 unspecified atom stereocenters. The van der Waals surface area contributed by atoms with Crippen LogP contribution in [0.3, 0.4) is 0 Å². The Hall–Kier alpha value is -3.77. The number of carbonyl (C=O) groups excluding carboxylic acids is 1. The van der Waals surface area contributed by atoms with Crippen LogP contribution >= 0.6 is 11.3 Å². The maximum atomic E-state index is 12.9. The van der Waals surface area contributed by atoms with Crippen LogP contribution in [0.15, 0.2) is 97.3 Å². The summed E-state index contributed by atoms with van der Waals surface area (Å²) >= 11 is 1.64. The molecule has 6 heteroatoms. The fraction of sp³-hybridized carbons (Fsp3) is 0.0800. The number of amides is 1. The Morgan fingerprint density at radius 2 is 2.00 bits per heavy atom. The molecule has 0 atom stereocenters. The zero-order valence-corrected chi connectivity index (χ0v) is 17.8. The number of nitrogens with zero attached hydrogens (tertiary/aromatic N) is 4. The highest BCUT2D eigenvalue weighted by molar-refractivity contribution is 7.09. The SMILES string of the molecule is C=CCN(Cc1cccs1)C(=O)/C=C/c1cn(-c2ccccc2)nc1-c1cccnc1. The van der Waals surface area contributed by atoms with Crippen molar-refractivity contribution in [1.29, 1.82) is 0 Å². The highest BCUT2D eigenvalue weighted by Crippen LogP contribution is 2.24. The van der Waals surface area contributed by atoms with E-state index in [-0.39, 0.29) is 5.91 Å². The second kappa shape index (κ2) is 9.82. The Kier molecular flexibility index (Phi) is 6.50. The van der Waals surface area contributed by atoms with Crippen LogP contribution in [-0.2, 0) is 11.3 Å². The minimum Gasteiger partial charge on any atom is -0.330 e. The summed E-state index contributed by atoms with van der Waals surface area (Å²) in [6.45, 7) is 4.83. The molecule has 154 valence electrons. The van der Waals surface area contributed by atoms with E-state index in [1.807, 2.05) is 76.9 Å². The lowest BCUT2D eigenvalue weighted by atomic mass is 10.1. The van der Waals surface area contributed by atoms with E-state index in [1.165, 1.54) is 0 Å². The monoisotopic (exact) mass is 426 g/mol. The van der Waals surface area contributed by atoms with Crippen molar-refractivity contribution in [2.45, 2.75) is 6.54 Å². The van der Waals surface area contributed by atoms with Gasteiger partial charge in [0.2, 0.25) is 5.91 Å². The van der Waals surface area contributed by atoms with Gasteiger partial charge in [-0.05, 0) is 41.8 Å². The van der Waals surface area contributed by atoms with Gasteiger partial charge in [-0.25, -0.2) is 4.68 Å². The van der Waals surface area contributed by atoms with Crippen LogP contribution in [0.5, 0.6) is 0 Å². The summed E-state index contributed by atoms with van der Waals surface area (Å²) in [5.41, 5.74) is 3.46. The molecule has 1 amide bonds. The van der Waals surface area contributed by atoms with Gasteiger partial charge in [0.05, 0.1) is 12.2 Å². The molecule has 3 heterocycles. The normalized spacial score (nSPS) is 11.0. The second-order valence-electron chi connectivity index (χ2n) is 6.87. The van der Waals surface area contributed by atoms with Gasteiger partial charge in [0.15, 0.2) is 0 Å². The van der Waals surface area contributed by atoms with Crippen LogP contribution in [-0.4, -0.2) is 32.1 Å². The summed E-state index contributed by atoms with van der Waals surface area (Å²) in [4.78, 5) is 20.0. The molecule has 0 saturated heterocycles. The van der Waals surface area contributed by atoms with Crippen molar-refractivity contribution in [3.05, 3.63) is 108 Å². The van der Waals surface area contributed by atoms with E-state index in [0.717, 1.165) is 27.4 Å². The Morgan fingerprint density at radius 3 is 2.71 bits per heavy atom. The fourth-order valence-electron chi connectivity index (χ4n) is 3.19. The Morgan fingerprint density at radius 1 is 1.13 bits per heavy atom. The highest BCUT2D eigenvalue weighted by Gasteiger charge is 2.13. The van der Waals surface area contributed by atoms with Crippen LogP contribution in [0.2, 0.25) is 0 Å². The number of benzene rings is 1. The zero-order valence-electron chi connectivity index (χ0n) is 17.0. The predicted octanol–water partition coefficient (Wildman–Crippen LogP) is 5.22. The molecular weight excluding hydrogens is 404 g/mol. The molecule has 0 radical (unpaired) electrons. The van der Waals surface area contributed by atoms with Gasteiger partial charge in [0.25, 0.3) is 0 Å². The lowest BCUT2D eigenvalue weighted by Crippen LogP contribution is -2.28. The minimum atomic E-state index is -0.0714. The van der Waals surface area contributed by atoms with Gasteiger partial charge >= 0.3 is 0 Å². The molecule has 4 rings (SSSR count). The van der Waals surface area contributed by atoms with Gasteiger partial charge in [0.1, 0.15) is 5.69 Å². The van der Waals surface area contributed by atoms with E-state index in [0.29, 0.717) is 13.1 Å². The summed E-state index contributed by atoms with van der Waals surface area (Å²) in [6, 6.07) is 17.8. The van der Waals surface area contributed by atoms with Gasteiger partial charge in [0, 0.05) is 47.2 Å². The molecule has 4 aromatic rings. The zero-order chi connectivity index (χ0) is 21.5. The van der Waals surface area contributed by atoms with Gasteiger partial charge in [-0.3, -0.25) is 9.78 Å². The number of thiophene rings is 1. The van der Waals surface area contributed by atoms with Gasteiger partial charge in [-0.1, -0.05) is 30.3 Å². The maximum absolute atomic E-state index is 12.9. The van der Waals surface area contributed by atoms with Crippen molar-refractivity contribution in [3.8, 4) is 16.9 Å². The first kappa shape index (κ1) is 20.5. The van der Waals surface area contributed by atoms with E-state index >= 15 is 0 Å². The molecule has 0 bridgehead atoms. The third-order valence-electron chi connectivity index (χ3n) is 4.69. The fourth-order valence-corrected chi connectivity index (χ4v) is 3.91. The maximum Gasteiger partial charge on any atom is 0.247 e. The number of hydrogen-bond donors (Lipinski definition) is 0. The first-order valence-electron chi connectivity index (χ1n) is 9.90. The molecule has 0 N–H and O–H groups in total. The van der Waals surface area contributed by atoms with E-state index in [4.69, 9.17) is 5.10 Å². The number of carbonyl (C=O) groups is 1. The molecule has 1 aromatic carbocycles. The molecular formula is C25H22N4OS. The standard InChI is InChI=1S/C25H22N4OS/c1-2-15-28(19-23-11-7-16-31-23)24(30)13-12-21-18-29(22-9-4-3-5-10-22)27-25(21)20-8-6-14-26-17-20/h2-14,16-18H,1,15,19H2/b13-12+. The van der Waals surface area contributed by atoms with Crippen LogP contribution in [0, 0.1) is 0 Å². The summed E-state index contributed by atoms with van der Waals surface area (Å²) < 4.78 is 1.82. The Bertz CT molecular complexity index is 1160. The molecule has 31 heavy (non-hydrogen) atoms. The van der Waals surface area contributed by atoms with Gasteiger partial charge in [-0.2, -0.15) is 5.10 Å². The van der Waals surface area contributed by atoms with Crippen molar-refractivity contribution in [3.63, 3.8) is 0 Å². The molecule has 0 aliphatic rings. The largest absolute Gasteiger partial charge is 0.330 e. The van der Waals surface area contributed by atoms with Crippen molar-refractivity contribution in [2.24, 2.45) is 0 Å². The first-order valence-corrected chi connectivity index (χ1v) is 10.8. The number of hydrogen-bond acceptors (Lipinski definition) is 4. The van der Waals surface area contributed by atoms with E-state index in [1.54, 1.807) is 40.8 Å². The molecule has 0 saturated carbocycles. The van der Waals surface area contributed by atoms with Crippen LogP contribution in [0.25, 0.3) is 23.0 Å². The number of pyridine rings is 1. The Labute approximate surface area is 185 Å². The van der Waals surface area contributed by atoms with Crippen LogP contribution < -0.4 is 0 Å². The molecule has 0 aliphatic carbocycles. The average molecular weight is 427 g/mol. The van der Waals surface area contributed by atoms with Crippen molar-refractivity contribution >= 4 is 23.3 Å². The van der Waals surface area contributed by atoms with E-state index in [2.05, 4.69) is 11.6 Å². The lowest BCUT2D eigenvalue weighted by molar-refractivity contribution is -0.126. The van der Waals surface area contributed by atoms with Crippen LogP contribution in [0.1, 0.15) is 10.4 Å². The Balaban J connectivity index is 1.64. The van der Waals surface area contributed by atoms with E-state index in [9.17, 15) is 4.79 Å². The molecule has 5 nitrogen and oxygen atoms in total. The first-order chi connectivity index (χ1) is 15.2. The quantitative estimate of drug-likeness (QED) is 0.287. The predicted molar refractivity (Wildman–Crippen MR) is 126 cm³/mol. The van der Waals surface area contributed by atoms with Gasteiger partial charge in [-0.15, -0.1) is 17.9 Å². The lowest BCUT2D eigenvalue weighted by Gasteiger charge is -2.18. The molecule has 0 aliphatic heterocycles. The van der Waals surface area contributed by atoms with Crippen LogP contribution in [0.4, 0.5) is 0 Å². The third-order valence-corrected chi connectivity index (χ3v) is 5.55.